The number of carbonyl (C=O) groups is 1. The van der Waals surface area contributed by atoms with Crippen LogP contribution >= 0.6 is 11.8 Å². The molecule has 1 fully saturated rings. The maximum absolute atomic E-state index is 12.1. The number of amides is 1. The number of hydrogen-bond acceptors (Lipinski definition) is 5. The van der Waals surface area contributed by atoms with Crippen molar-refractivity contribution in [1.82, 2.24) is 15.3 Å². The van der Waals surface area contributed by atoms with Crippen LogP contribution in [0.5, 0.6) is 0 Å². The lowest BCUT2D eigenvalue weighted by molar-refractivity contribution is 0.0419. The van der Waals surface area contributed by atoms with Crippen LogP contribution in [-0.2, 0) is 0 Å². The van der Waals surface area contributed by atoms with Crippen LogP contribution in [-0.4, -0.2) is 39.9 Å². The van der Waals surface area contributed by atoms with Crippen LogP contribution < -0.4 is 11.0 Å². The van der Waals surface area contributed by atoms with E-state index in [2.05, 4.69) is 15.3 Å². The summed E-state index contributed by atoms with van der Waals surface area (Å²) >= 11 is 1.27. The predicted molar refractivity (Wildman–Crippen MR) is 72.4 cm³/mol. The first-order chi connectivity index (χ1) is 9.01. The molecule has 3 N–H and O–H groups in total. The number of aryl methyl sites for hydroxylation is 1. The number of nitrogens with zero attached hydrogens (tertiary/aromatic N) is 1. The van der Waals surface area contributed by atoms with Gasteiger partial charge in [-0.15, -0.1) is 11.8 Å². The van der Waals surface area contributed by atoms with Crippen molar-refractivity contribution in [3.8, 4) is 0 Å². The molecule has 0 aromatic carbocycles. The molecule has 1 saturated carbocycles. The summed E-state index contributed by atoms with van der Waals surface area (Å²) in [7, 11) is 0. The third-order valence-corrected chi connectivity index (χ3v) is 3.95. The molecular weight excluding hydrogens is 266 g/mol. The Morgan fingerprint density at radius 1 is 1.58 bits per heavy atom. The molecule has 6 nitrogen and oxygen atoms in total. The van der Waals surface area contributed by atoms with Gasteiger partial charge >= 0.3 is 5.69 Å². The number of carbonyl (C=O) groups excluding carboxylic acids is 1. The second kappa shape index (κ2) is 5.75. The van der Waals surface area contributed by atoms with Crippen molar-refractivity contribution >= 4 is 17.7 Å². The maximum Gasteiger partial charge on any atom is 0.346 e. The van der Waals surface area contributed by atoms with Crippen molar-refractivity contribution in [2.24, 2.45) is 5.92 Å². The molecule has 0 saturated heterocycles. The van der Waals surface area contributed by atoms with E-state index in [4.69, 9.17) is 0 Å². The van der Waals surface area contributed by atoms with Gasteiger partial charge in [0, 0.05) is 12.2 Å². The zero-order chi connectivity index (χ0) is 14.0. The molecule has 0 atom stereocenters. The first kappa shape index (κ1) is 14.1. The molecule has 0 bridgehead atoms. The van der Waals surface area contributed by atoms with Crippen LogP contribution in [0.4, 0.5) is 0 Å². The van der Waals surface area contributed by atoms with E-state index in [0.717, 1.165) is 12.8 Å². The highest BCUT2D eigenvalue weighted by Crippen LogP contribution is 2.26. The molecule has 0 spiro atoms. The Labute approximate surface area is 115 Å². The molecule has 1 heterocycles. The third kappa shape index (κ3) is 3.16. The van der Waals surface area contributed by atoms with E-state index < -0.39 is 5.69 Å². The Morgan fingerprint density at radius 3 is 2.84 bits per heavy atom. The second-order valence-corrected chi connectivity index (χ2v) is 5.55. The molecule has 0 unspecified atom stereocenters. The quantitative estimate of drug-likeness (QED) is 0.546. The van der Waals surface area contributed by atoms with E-state index >= 15 is 0 Å². The van der Waals surface area contributed by atoms with Crippen LogP contribution in [0.25, 0.3) is 0 Å². The highest BCUT2D eigenvalue weighted by molar-refractivity contribution is 7.98. The van der Waals surface area contributed by atoms with E-state index in [0.29, 0.717) is 28.7 Å². The van der Waals surface area contributed by atoms with Gasteiger partial charge in [0.15, 0.2) is 0 Å². The van der Waals surface area contributed by atoms with Crippen LogP contribution in [0.1, 0.15) is 28.9 Å². The molecular formula is C12H17N3O3S. The summed E-state index contributed by atoms with van der Waals surface area (Å²) in [5.41, 5.74) is 0.503. The maximum atomic E-state index is 12.1. The van der Waals surface area contributed by atoms with E-state index in [-0.39, 0.29) is 12.0 Å². The largest absolute Gasteiger partial charge is 0.393 e. The Kier molecular flexibility index (Phi) is 4.26. The lowest BCUT2D eigenvalue weighted by atomic mass is 9.82. The van der Waals surface area contributed by atoms with Gasteiger partial charge in [-0.05, 0) is 31.9 Å². The molecule has 1 aromatic heterocycles. The molecule has 0 radical (unpaired) electrons. The topological polar surface area (TPSA) is 95.1 Å². The molecule has 7 heteroatoms. The number of aromatic nitrogens is 2. The minimum atomic E-state index is -0.444. The molecule has 1 aliphatic carbocycles. The average Bonchev–Trinajstić information content (AvgIpc) is 2.31. The molecule has 0 aliphatic heterocycles. The van der Waals surface area contributed by atoms with Crippen LogP contribution in [0.3, 0.4) is 0 Å². The number of aliphatic hydroxyl groups is 1. The summed E-state index contributed by atoms with van der Waals surface area (Å²) in [5.74, 6) is 0.111. The highest BCUT2D eigenvalue weighted by atomic mass is 32.2. The Morgan fingerprint density at radius 2 is 2.26 bits per heavy atom. The van der Waals surface area contributed by atoms with Crippen molar-refractivity contribution in [2.75, 3.05) is 12.8 Å². The number of H-pyrrole nitrogens is 1. The normalized spacial score (nSPS) is 21.8. The number of hydrogen-bond donors (Lipinski definition) is 3. The second-order valence-electron chi connectivity index (χ2n) is 4.75. The fourth-order valence-corrected chi connectivity index (χ4v) is 2.79. The summed E-state index contributed by atoms with van der Waals surface area (Å²) in [4.78, 5) is 29.7. The zero-order valence-electron chi connectivity index (χ0n) is 10.9. The standard InChI is InChI=1S/C12H17N3O3S/c1-6-9(11(19-2)15-12(18)14-6)10(17)13-5-7-3-8(16)4-7/h7-8,16H,3-5H2,1-2H3,(H,13,17)(H,14,15,18). The number of rotatable bonds is 4. The molecule has 19 heavy (non-hydrogen) atoms. The van der Waals surface area contributed by atoms with Crippen molar-refractivity contribution in [3.05, 3.63) is 21.7 Å². The molecule has 1 aliphatic rings. The van der Waals surface area contributed by atoms with Crippen LogP contribution in [0.2, 0.25) is 0 Å². The summed E-state index contributed by atoms with van der Waals surface area (Å²) in [6.07, 6.45) is 3.03. The summed E-state index contributed by atoms with van der Waals surface area (Å²) in [6.45, 7) is 2.23. The molecule has 1 aromatic rings. The highest BCUT2D eigenvalue weighted by Gasteiger charge is 2.27. The van der Waals surface area contributed by atoms with Gasteiger partial charge in [0.1, 0.15) is 5.03 Å². The first-order valence-electron chi connectivity index (χ1n) is 6.12. The SMILES string of the molecule is CSc1nc(=O)[nH]c(C)c1C(=O)NCC1CC(O)C1. The molecule has 1 amide bonds. The van der Waals surface area contributed by atoms with Crippen molar-refractivity contribution < 1.29 is 9.90 Å². The number of aromatic amines is 1. The Bertz CT molecular complexity index is 538. The lowest BCUT2D eigenvalue weighted by Gasteiger charge is -2.31. The van der Waals surface area contributed by atoms with Gasteiger partial charge in [-0.25, -0.2) is 4.79 Å². The number of thioether (sulfide) groups is 1. The van der Waals surface area contributed by atoms with E-state index in [1.54, 1.807) is 13.2 Å². The van der Waals surface area contributed by atoms with E-state index in [1.807, 2.05) is 0 Å². The van der Waals surface area contributed by atoms with E-state index in [1.165, 1.54) is 11.8 Å². The lowest BCUT2D eigenvalue weighted by Crippen LogP contribution is -2.39. The van der Waals surface area contributed by atoms with Crippen molar-refractivity contribution in [3.63, 3.8) is 0 Å². The van der Waals surface area contributed by atoms with Gasteiger partial charge in [-0.2, -0.15) is 4.98 Å². The predicted octanol–water partition coefficient (Wildman–Crippen LogP) is 0.301. The number of aliphatic hydroxyl groups excluding tert-OH is 1. The summed E-state index contributed by atoms with van der Waals surface area (Å²) in [5, 5.41) is 12.5. The minimum Gasteiger partial charge on any atom is -0.393 e. The smallest absolute Gasteiger partial charge is 0.346 e. The summed E-state index contributed by atoms with van der Waals surface area (Å²) < 4.78 is 0. The van der Waals surface area contributed by atoms with E-state index in [9.17, 15) is 14.7 Å². The minimum absolute atomic E-state index is 0.222. The first-order valence-corrected chi connectivity index (χ1v) is 7.35. The van der Waals surface area contributed by atoms with Crippen molar-refractivity contribution in [2.45, 2.75) is 30.9 Å². The number of nitrogens with one attached hydrogen (secondary N) is 2. The fourth-order valence-electron chi connectivity index (χ4n) is 2.17. The summed E-state index contributed by atoms with van der Waals surface area (Å²) in [6, 6.07) is 0. The monoisotopic (exact) mass is 283 g/mol. The third-order valence-electron chi connectivity index (χ3n) is 3.27. The zero-order valence-corrected chi connectivity index (χ0v) is 11.7. The average molecular weight is 283 g/mol. The van der Waals surface area contributed by atoms with Gasteiger partial charge < -0.3 is 15.4 Å². The Balaban J connectivity index is 2.08. The van der Waals surface area contributed by atoms with Gasteiger partial charge in [-0.1, -0.05) is 0 Å². The molecule has 2 rings (SSSR count). The Hall–Kier alpha value is -1.34. The van der Waals surface area contributed by atoms with Gasteiger partial charge in [0.05, 0.1) is 11.7 Å². The van der Waals surface area contributed by atoms with Crippen molar-refractivity contribution in [1.29, 1.82) is 0 Å². The van der Waals surface area contributed by atoms with Gasteiger partial charge in [0.2, 0.25) is 0 Å². The van der Waals surface area contributed by atoms with Crippen LogP contribution in [0.15, 0.2) is 9.82 Å². The van der Waals surface area contributed by atoms with Crippen LogP contribution in [0, 0.1) is 12.8 Å². The van der Waals surface area contributed by atoms with Gasteiger partial charge in [0.25, 0.3) is 5.91 Å². The molecule has 104 valence electrons. The fraction of sp³-hybridized carbons (Fsp3) is 0.583. The van der Waals surface area contributed by atoms with Gasteiger partial charge in [-0.3, -0.25) is 4.79 Å².